The second-order valence-corrected chi connectivity index (χ2v) is 6.30. The molecule has 0 radical (unpaired) electrons. The number of carbonyl (C=O) groups excluding carboxylic acids is 2. The third-order valence-corrected chi connectivity index (χ3v) is 4.34. The van der Waals surface area contributed by atoms with Gasteiger partial charge in [0.15, 0.2) is 6.10 Å². The monoisotopic (exact) mass is 361 g/mol. The fraction of sp³-hybridized carbons (Fsp3) is 0.500. The number of esters is 1. The van der Waals surface area contributed by atoms with Crippen LogP contribution in [0, 0.1) is 0 Å². The Balaban J connectivity index is 1.94. The molecule has 2 rings (SSSR count). The van der Waals surface area contributed by atoms with E-state index < -0.39 is 12.1 Å². The van der Waals surface area contributed by atoms with Crippen LogP contribution < -0.4 is 9.47 Å². The van der Waals surface area contributed by atoms with Crippen LogP contribution >= 0.6 is 0 Å². The fourth-order valence-electron chi connectivity index (χ4n) is 2.90. The fourth-order valence-corrected chi connectivity index (χ4v) is 2.90. The summed E-state index contributed by atoms with van der Waals surface area (Å²) in [6, 6.07) is 5.30. The predicted molar refractivity (Wildman–Crippen MR) is 99.2 cm³/mol. The number of benzene rings is 1. The van der Waals surface area contributed by atoms with Crippen molar-refractivity contribution in [3.05, 3.63) is 29.8 Å². The van der Waals surface area contributed by atoms with Crippen molar-refractivity contribution in [2.24, 2.45) is 0 Å². The number of nitrogens with zero attached hydrogens (tertiary/aromatic N) is 1. The van der Waals surface area contributed by atoms with E-state index in [0.717, 1.165) is 44.3 Å². The molecule has 1 saturated heterocycles. The molecule has 1 atom stereocenters. The van der Waals surface area contributed by atoms with Gasteiger partial charge in [0, 0.05) is 25.2 Å². The summed E-state index contributed by atoms with van der Waals surface area (Å²) in [7, 11) is 3.12. The van der Waals surface area contributed by atoms with Gasteiger partial charge in [-0.05, 0) is 43.5 Å². The highest BCUT2D eigenvalue weighted by molar-refractivity contribution is 5.90. The standard InChI is InChI=1S/C20H27NO5/c1-15(20(23)21-10-6-4-5-7-11-21)26-19(22)9-8-16-12-17(24-2)14-18(13-16)25-3/h8-9,12-15H,4-7,10-11H2,1-3H3/b9-8+/t15-/m0/s1. The SMILES string of the molecule is COc1cc(/C=C/C(=O)O[C@@H](C)C(=O)N2CCCCCC2)cc(OC)c1. The number of methoxy groups -OCH3 is 2. The van der Waals surface area contributed by atoms with Gasteiger partial charge in [-0.25, -0.2) is 4.79 Å². The van der Waals surface area contributed by atoms with E-state index >= 15 is 0 Å². The highest BCUT2D eigenvalue weighted by Crippen LogP contribution is 2.23. The minimum atomic E-state index is -0.787. The van der Waals surface area contributed by atoms with Crippen LogP contribution in [0.1, 0.15) is 38.2 Å². The first-order valence-electron chi connectivity index (χ1n) is 8.94. The molecule has 0 unspecified atom stereocenters. The molecule has 1 fully saturated rings. The molecule has 26 heavy (non-hydrogen) atoms. The number of ether oxygens (including phenoxy) is 3. The van der Waals surface area contributed by atoms with Gasteiger partial charge in [0.25, 0.3) is 5.91 Å². The molecule has 1 amide bonds. The summed E-state index contributed by atoms with van der Waals surface area (Å²) in [6.07, 6.45) is 6.42. The van der Waals surface area contributed by atoms with E-state index in [0.29, 0.717) is 11.5 Å². The Bertz CT molecular complexity index is 625. The lowest BCUT2D eigenvalue weighted by atomic mass is 10.2. The molecule has 1 aliphatic heterocycles. The smallest absolute Gasteiger partial charge is 0.331 e. The Hall–Kier alpha value is -2.50. The maximum Gasteiger partial charge on any atom is 0.331 e. The molecule has 0 spiro atoms. The summed E-state index contributed by atoms with van der Waals surface area (Å²) in [4.78, 5) is 26.3. The topological polar surface area (TPSA) is 65.1 Å². The zero-order valence-corrected chi connectivity index (χ0v) is 15.7. The van der Waals surface area contributed by atoms with Crippen LogP contribution in [0.15, 0.2) is 24.3 Å². The molecule has 0 aliphatic carbocycles. The van der Waals surface area contributed by atoms with Crippen molar-refractivity contribution in [3.8, 4) is 11.5 Å². The zero-order chi connectivity index (χ0) is 18.9. The van der Waals surface area contributed by atoms with Crippen LogP contribution in [-0.4, -0.2) is 50.2 Å². The number of hydrogen-bond acceptors (Lipinski definition) is 5. The molecule has 1 aliphatic rings. The highest BCUT2D eigenvalue weighted by Gasteiger charge is 2.23. The Morgan fingerprint density at radius 3 is 2.12 bits per heavy atom. The van der Waals surface area contributed by atoms with Gasteiger partial charge in [0.1, 0.15) is 11.5 Å². The van der Waals surface area contributed by atoms with Crippen LogP contribution in [0.4, 0.5) is 0 Å². The van der Waals surface area contributed by atoms with Crippen LogP contribution in [0.3, 0.4) is 0 Å². The highest BCUT2D eigenvalue weighted by atomic mass is 16.5. The minimum Gasteiger partial charge on any atom is -0.497 e. The Morgan fingerprint density at radius 2 is 1.58 bits per heavy atom. The molecule has 1 aromatic rings. The third-order valence-electron chi connectivity index (χ3n) is 4.34. The van der Waals surface area contributed by atoms with E-state index in [1.807, 2.05) is 0 Å². The van der Waals surface area contributed by atoms with Gasteiger partial charge >= 0.3 is 5.97 Å². The summed E-state index contributed by atoms with van der Waals surface area (Å²) in [5.41, 5.74) is 0.740. The van der Waals surface area contributed by atoms with E-state index in [1.54, 1.807) is 50.3 Å². The molecular weight excluding hydrogens is 334 g/mol. The van der Waals surface area contributed by atoms with Crippen molar-refractivity contribution in [1.29, 1.82) is 0 Å². The molecule has 0 aromatic heterocycles. The van der Waals surface area contributed by atoms with E-state index in [1.165, 1.54) is 6.08 Å². The minimum absolute atomic E-state index is 0.128. The maximum atomic E-state index is 12.4. The van der Waals surface area contributed by atoms with Gasteiger partial charge in [-0.2, -0.15) is 0 Å². The summed E-state index contributed by atoms with van der Waals surface area (Å²) in [5.74, 6) is 0.573. The zero-order valence-electron chi connectivity index (χ0n) is 15.7. The van der Waals surface area contributed by atoms with E-state index in [4.69, 9.17) is 14.2 Å². The van der Waals surface area contributed by atoms with Crippen molar-refractivity contribution in [2.75, 3.05) is 27.3 Å². The molecule has 0 saturated carbocycles. The number of carbonyl (C=O) groups is 2. The van der Waals surface area contributed by atoms with Gasteiger partial charge in [-0.1, -0.05) is 12.8 Å². The van der Waals surface area contributed by atoms with Crippen molar-refractivity contribution in [2.45, 2.75) is 38.7 Å². The lowest BCUT2D eigenvalue weighted by Gasteiger charge is -2.23. The molecule has 0 bridgehead atoms. The van der Waals surface area contributed by atoms with Crippen LogP contribution in [0.5, 0.6) is 11.5 Å². The first-order valence-corrected chi connectivity index (χ1v) is 8.94. The molecular formula is C20H27NO5. The average Bonchev–Trinajstić information content (AvgIpc) is 2.94. The number of likely N-dealkylation sites (tertiary alicyclic amines) is 1. The molecule has 0 N–H and O–H groups in total. The second-order valence-electron chi connectivity index (χ2n) is 6.30. The maximum absolute atomic E-state index is 12.4. The summed E-state index contributed by atoms with van der Waals surface area (Å²) in [6.45, 7) is 3.09. The van der Waals surface area contributed by atoms with Gasteiger partial charge in [0.05, 0.1) is 14.2 Å². The molecule has 6 heteroatoms. The van der Waals surface area contributed by atoms with Crippen LogP contribution in [0.2, 0.25) is 0 Å². The first-order chi connectivity index (χ1) is 12.5. The van der Waals surface area contributed by atoms with Crippen LogP contribution in [-0.2, 0) is 14.3 Å². The van der Waals surface area contributed by atoms with Crippen molar-refractivity contribution in [3.63, 3.8) is 0 Å². The molecule has 1 aromatic carbocycles. The predicted octanol–water partition coefficient (Wildman–Crippen LogP) is 3.05. The third kappa shape index (κ3) is 5.79. The second kappa shape index (κ2) is 9.85. The quantitative estimate of drug-likeness (QED) is 0.576. The van der Waals surface area contributed by atoms with E-state index in [2.05, 4.69) is 0 Å². The number of amides is 1. The Labute approximate surface area is 154 Å². The van der Waals surface area contributed by atoms with E-state index in [9.17, 15) is 9.59 Å². The van der Waals surface area contributed by atoms with Crippen molar-refractivity contribution in [1.82, 2.24) is 4.90 Å². The molecule has 6 nitrogen and oxygen atoms in total. The number of rotatable bonds is 6. The van der Waals surface area contributed by atoms with Gasteiger partial charge in [0.2, 0.25) is 0 Å². The molecule has 1 heterocycles. The lowest BCUT2D eigenvalue weighted by Crippen LogP contribution is -2.40. The van der Waals surface area contributed by atoms with Crippen molar-refractivity contribution >= 4 is 18.0 Å². The lowest BCUT2D eigenvalue weighted by molar-refractivity contribution is -0.155. The first kappa shape index (κ1) is 19.8. The Morgan fingerprint density at radius 1 is 1.00 bits per heavy atom. The number of hydrogen-bond donors (Lipinski definition) is 0. The Kier molecular flexibility index (Phi) is 7.51. The van der Waals surface area contributed by atoms with Crippen molar-refractivity contribution < 1.29 is 23.8 Å². The summed E-state index contributed by atoms with van der Waals surface area (Å²) >= 11 is 0. The average molecular weight is 361 g/mol. The van der Waals surface area contributed by atoms with Gasteiger partial charge in [-0.15, -0.1) is 0 Å². The van der Waals surface area contributed by atoms with Gasteiger partial charge in [-0.3, -0.25) is 4.79 Å². The summed E-state index contributed by atoms with van der Waals surface area (Å²) < 4.78 is 15.7. The normalized spacial score (nSPS) is 16.0. The van der Waals surface area contributed by atoms with Gasteiger partial charge < -0.3 is 19.1 Å². The summed E-state index contributed by atoms with van der Waals surface area (Å²) in [5, 5.41) is 0. The largest absolute Gasteiger partial charge is 0.497 e. The molecule has 142 valence electrons. The van der Waals surface area contributed by atoms with E-state index in [-0.39, 0.29) is 5.91 Å². The van der Waals surface area contributed by atoms with Crippen LogP contribution in [0.25, 0.3) is 6.08 Å².